The Hall–Kier alpha value is -1.62. The molecular formula is C9H4NO3S. The number of carbonyl (C=O) groups is 3. The van der Waals surface area contributed by atoms with E-state index in [9.17, 15) is 14.4 Å². The Morgan fingerprint density at radius 2 is 1.93 bits per heavy atom. The van der Waals surface area contributed by atoms with E-state index >= 15 is 0 Å². The number of hydrogen-bond acceptors (Lipinski definition) is 3. The fourth-order valence-electron chi connectivity index (χ4n) is 1.35. The van der Waals surface area contributed by atoms with Gasteiger partial charge in [-0.05, 0) is 12.1 Å². The van der Waals surface area contributed by atoms with Gasteiger partial charge in [0.2, 0.25) is 5.12 Å². The maximum Gasteiger partial charge on any atom is 0.282 e. The highest BCUT2D eigenvalue weighted by molar-refractivity contribution is 7.97. The minimum atomic E-state index is -0.664. The minimum Gasteiger partial charge on any atom is -0.282 e. The molecule has 69 valence electrons. The summed E-state index contributed by atoms with van der Waals surface area (Å²) < 4.78 is 0. The second-order valence-corrected chi connectivity index (χ2v) is 3.16. The van der Waals surface area contributed by atoms with Crippen LogP contribution in [-0.4, -0.2) is 16.9 Å². The van der Waals surface area contributed by atoms with Gasteiger partial charge in [0.25, 0.3) is 11.8 Å². The van der Waals surface area contributed by atoms with Crippen LogP contribution < -0.4 is 5.32 Å². The van der Waals surface area contributed by atoms with Crippen molar-refractivity contribution in [1.82, 2.24) is 5.32 Å². The predicted octanol–water partition coefficient (Wildman–Crippen LogP) is 0.655. The summed E-state index contributed by atoms with van der Waals surface area (Å²) in [5, 5.41) is 2.69. The Kier molecular flexibility index (Phi) is 1.89. The fourth-order valence-corrected chi connectivity index (χ4v) is 1.53. The number of carbonyl (C=O) groups excluding carboxylic acids is 3. The molecule has 4 nitrogen and oxygen atoms in total. The highest BCUT2D eigenvalue weighted by atomic mass is 32.1. The topological polar surface area (TPSA) is 65.3 Å². The lowest BCUT2D eigenvalue weighted by molar-refractivity contribution is 0.0870. The van der Waals surface area contributed by atoms with E-state index in [1.165, 1.54) is 18.2 Å². The van der Waals surface area contributed by atoms with E-state index in [1.54, 1.807) is 0 Å². The maximum absolute atomic E-state index is 11.2. The zero-order valence-corrected chi connectivity index (χ0v) is 7.75. The van der Waals surface area contributed by atoms with E-state index in [0.29, 0.717) is 0 Å². The number of imide groups is 1. The van der Waals surface area contributed by atoms with Crippen molar-refractivity contribution in [1.29, 1.82) is 0 Å². The Morgan fingerprint density at radius 3 is 2.57 bits per heavy atom. The first-order chi connectivity index (χ1) is 6.61. The van der Waals surface area contributed by atoms with Crippen molar-refractivity contribution in [3.63, 3.8) is 0 Å². The van der Waals surface area contributed by atoms with E-state index in [4.69, 9.17) is 0 Å². The van der Waals surface area contributed by atoms with Crippen molar-refractivity contribution in [3.8, 4) is 0 Å². The standard InChI is InChI=1S/C9H4NO3S/c11-7-4-2-1-3-5(9(13)14)6(4)8(12)10-7/h1-3H,(H,13,14). The van der Waals surface area contributed by atoms with Crippen molar-refractivity contribution in [2.24, 2.45) is 0 Å². The molecule has 5 heteroatoms. The van der Waals surface area contributed by atoms with Gasteiger partial charge < -0.3 is 0 Å². The van der Waals surface area contributed by atoms with Crippen molar-refractivity contribution < 1.29 is 14.4 Å². The zero-order chi connectivity index (χ0) is 10.3. The zero-order valence-electron chi connectivity index (χ0n) is 6.85. The summed E-state index contributed by atoms with van der Waals surface area (Å²) in [6, 6.07) is 4.43. The Morgan fingerprint density at radius 1 is 1.21 bits per heavy atom. The van der Waals surface area contributed by atoms with Crippen molar-refractivity contribution in [3.05, 3.63) is 34.9 Å². The largest absolute Gasteiger partial charge is 0.282 e. The van der Waals surface area contributed by atoms with Crippen LogP contribution in [0.25, 0.3) is 0 Å². The Balaban J connectivity index is 2.74. The number of hydrogen-bond donors (Lipinski definition) is 1. The van der Waals surface area contributed by atoms with Gasteiger partial charge in [0, 0.05) is 5.56 Å². The molecule has 1 aliphatic heterocycles. The van der Waals surface area contributed by atoms with Gasteiger partial charge >= 0.3 is 0 Å². The van der Waals surface area contributed by atoms with Gasteiger partial charge in [-0.2, -0.15) is 5.32 Å². The van der Waals surface area contributed by atoms with Gasteiger partial charge in [0.1, 0.15) is 0 Å². The number of amides is 2. The quantitative estimate of drug-likeness (QED) is 0.542. The van der Waals surface area contributed by atoms with Gasteiger partial charge in [-0.1, -0.05) is 6.07 Å². The Bertz CT molecular complexity index is 467. The normalized spacial score (nSPS) is 13.8. The van der Waals surface area contributed by atoms with Crippen LogP contribution in [0.4, 0.5) is 0 Å². The van der Waals surface area contributed by atoms with Crippen molar-refractivity contribution in [2.75, 3.05) is 0 Å². The summed E-state index contributed by atoms with van der Waals surface area (Å²) in [5.41, 5.74) is 0.373. The summed E-state index contributed by atoms with van der Waals surface area (Å²) in [7, 11) is 0. The molecule has 0 fully saturated rings. The average molecular weight is 206 g/mol. The molecule has 1 aromatic carbocycles. The Labute approximate surface area is 84.7 Å². The number of fused-ring (bicyclic) bond motifs is 1. The highest BCUT2D eigenvalue weighted by Crippen LogP contribution is 2.21. The predicted molar refractivity (Wildman–Crippen MR) is 50.6 cm³/mol. The van der Waals surface area contributed by atoms with Crippen LogP contribution in [0.3, 0.4) is 0 Å². The molecule has 0 saturated carbocycles. The van der Waals surface area contributed by atoms with Gasteiger partial charge in [0.05, 0.1) is 11.1 Å². The molecule has 1 radical (unpaired) electrons. The molecule has 0 aliphatic carbocycles. The highest BCUT2D eigenvalue weighted by Gasteiger charge is 2.32. The summed E-state index contributed by atoms with van der Waals surface area (Å²) in [6.07, 6.45) is 0. The van der Waals surface area contributed by atoms with Crippen molar-refractivity contribution >= 4 is 29.6 Å². The summed E-state index contributed by atoms with van der Waals surface area (Å²) in [6.45, 7) is 0. The first-order valence-corrected chi connectivity index (χ1v) is 4.22. The van der Waals surface area contributed by atoms with E-state index < -0.39 is 16.9 Å². The minimum absolute atomic E-state index is 0.0671. The smallest absolute Gasteiger partial charge is 0.282 e. The molecule has 0 spiro atoms. The molecule has 0 atom stereocenters. The molecule has 1 heterocycles. The molecule has 0 aromatic heterocycles. The molecule has 14 heavy (non-hydrogen) atoms. The first kappa shape index (κ1) is 8.96. The molecular weight excluding hydrogens is 202 g/mol. The van der Waals surface area contributed by atoms with Crippen LogP contribution in [0.2, 0.25) is 0 Å². The van der Waals surface area contributed by atoms with Crippen LogP contribution in [0, 0.1) is 0 Å². The number of nitrogens with zero attached hydrogens (tertiary/aromatic N) is 1. The molecule has 1 aliphatic rings. The van der Waals surface area contributed by atoms with Crippen LogP contribution in [0.15, 0.2) is 18.2 Å². The molecule has 0 N–H and O–H groups in total. The average Bonchev–Trinajstić information content (AvgIpc) is 2.43. The lowest BCUT2D eigenvalue weighted by Crippen LogP contribution is -2.11. The van der Waals surface area contributed by atoms with Crippen LogP contribution in [0.1, 0.15) is 31.1 Å². The molecule has 1 aromatic rings. The number of rotatable bonds is 1. The number of benzene rings is 1. The summed E-state index contributed by atoms with van der Waals surface area (Å²) in [5.74, 6) is -1.26. The first-order valence-electron chi connectivity index (χ1n) is 3.78. The van der Waals surface area contributed by atoms with Crippen LogP contribution in [0.5, 0.6) is 0 Å². The summed E-state index contributed by atoms with van der Waals surface area (Å²) in [4.78, 5) is 33.4. The SMILES string of the molecule is O=C(S)c1cccc2c1C(=O)[N]C2=O. The third-order valence-electron chi connectivity index (χ3n) is 1.94. The van der Waals surface area contributed by atoms with E-state index in [1.807, 2.05) is 0 Å². The van der Waals surface area contributed by atoms with Gasteiger partial charge in [-0.15, -0.1) is 12.6 Å². The molecule has 2 amide bonds. The number of thiol groups is 1. The molecule has 0 saturated heterocycles. The molecule has 0 bridgehead atoms. The second-order valence-electron chi connectivity index (χ2n) is 2.76. The van der Waals surface area contributed by atoms with Crippen molar-refractivity contribution in [2.45, 2.75) is 0 Å². The van der Waals surface area contributed by atoms with E-state index in [2.05, 4.69) is 17.9 Å². The van der Waals surface area contributed by atoms with E-state index in [0.717, 1.165) is 0 Å². The van der Waals surface area contributed by atoms with Gasteiger partial charge in [0.15, 0.2) is 0 Å². The maximum atomic E-state index is 11.2. The summed E-state index contributed by atoms with van der Waals surface area (Å²) >= 11 is 3.61. The van der Waals surface area contributed by atoms with Crippen LogP contribution >= 0.6 is 12.6 Å². The molecule has 2 rings (SSSR count). The van der Waals surface area contributed by atoms with Gasteiger partial charge in [-0.25, -0.2) is 0 Å². The monoisotopic (exact) mass is 206 g/mol. The fraction of sp³-hybridized carbons (Fsp3) is 0. The second kappa shape index (κ2) is 2.95. The van der Waals surface area contributed by atoms with Gasteiger partial charge in [-0.3, -0.25) is 14.4 Å². The lowest BCUT2D eigenvalue weighted by Gasteiger charge is -1.98. The third-order valence-corrected chi connectivity index (χ3v) is 2.18. The van der Waals surface area contributed by atoms with Crippen LogP contribution in [-0.2, 0) is 0 Å². The lowest BCUT2D eigenvalue weighted by atomic mass is 10.0. The third kappa shape index (κ3) is 1.13. The molecule has 0 unspecified atom stereocenters. The van der Waals surface area contributed by atoms with E-state index in [-0.39, 0.29) is 16.7 Å².